The van der Waals surface area contributed by atoms with Crippen LogP contribution in [0.25, 0.3) is 0 Å². The average Bonchev–Trinajstić information content (AvgIpc) is 2.62. The van der Waals surface area contributed by atoms with Crippen molar-refractivity contribution in [3.05, 3.63) is 45.0 Å². The molecule has 0 saturated carbocycles. The van der Waals surface area contributed by atoms with Crippen molar-refractivity contribution in [2.75, 3.05) is 13.2 Å². The molecule has 0 fully saturated rings. The molecule has 33 heavy (non-hydrogen) atoms. The van der Waals surface area contributed by atoms with Crippen LogP contribution in [0.3, 0.4) is 0 Å². The molecule has 1 rings (SSSR count). The maximum Gasteiger partial charge on any atom is 0.420 e. The number of halogens is 1. The number of nitro groups is 1. The number of nitro benzene ring substituents is 1. The van der Waals surface area contributed by atoms with Gasteiger partial charge >= 0.3 is 12.2 Å². The molecule has 0 aliphatic carbocycles. The number of nitrogens with two attached hydrogens (primary N) is 1. The van der Waals surface area contributed by atoms with Crippen LogP contribution in [-0.4, -0.2) is 52.3 Å². The van der Waals surface area contributed by atoms with E-state index in [0.717, 1.165) is 11.0 Å². The first-order valence-corrected chi connectivity index (χ1v) is 10.2. The van der Waals surface area contributed by atoms with Gasteiger partial charge in [-0.1, -0.05) is 17.7 Å². The predicted octanol–water partition coefficient (Wildman–Crippen LogP) is 4.45. The van der Waals surface area contributed by atoms with Crippen LogP contribution >= 0.6 is 11.6 Å². The fourth-order valence-electron chi connectivity index (χ4n) is 2.21. The van der Waals surface area contributed by atoms with Crippen molar-refractivity contribution in [2.24, 2.45) is 5.73 Å². The summed E-state index contributed by atoms with van der Waals surface area (Å²) >= 11 is 5.98. The zero-order valence-corrected chi connectivity index (χ0v) is 20.1. The molecule has 0 aromatic heterocycles. The van der Waals surface area contributed by atoms with Crippen LogP contribution in [0.4, 0.5) is 15.3 Å². The van der Waals surface area contributed by atoms with Crippen LogP contribution < -0.4 is 10.5 Å². The maximum atomic E-state index is 12.4. The molecule has 12 heteroatoms. The summed E-state index contributed by atoms with van der Waals surface area (Å²) in [5.74, 6) is -1.01. The first-order valence-electron chi connectivity index (χ1n) is 9.81. The molecule has 11 nitrogen and oxygen atoms in total. The van der Waals surface area contributed by atoms with Gasteiger partial charge in [-0.2, -0.15) is 0 Å². The maximum absolute atomic E-state index is 12.4. The predicted molar refractivity (Wildman–Crippen MR) is 120 cm³/mol. The molecule has 182 valence electrons. The highest BCUT2D eigenvalue weighted by Crippen LogP contribution is 2.35. The van der Waals surface area contributed by atoms with Crippen LogP contribution in [0.1, 0.15) is 51.9 Å². The van der Waals surface area contributed by atoms with E-state index in [9.17, 15) is 24.5 Å². The minimum atomic E-state index is -0.893. The zero-order chi connectivity index (χ0) is 25.6. The number of hydrogen-bond acceptors (Lipinski definition) is 8. The summed E-state index contributed by atoms with van der Waals surface area (Å²) in [5, 5.41) is 10.8. The van der Waals surface area contributed by atoms with Crippen LogP contribution in [-0.2, 0) is 9.47 Å². The Balaban J connectivity index is 2.95. The molecule has 0 heterocycles. The van der Waals surface area contributed by atoms with E-state index < -0.39 is 39.9 Å². The van der Waals surface area contributed by atoms with Gasteiger partial charge < -0.3 is 19.9 Å². The number of primary amides is 1. The van der Waals surface area contributed by atoms with Gasteiger partial charge in [-0.15, -0.1) is 0 Å². The molecule has 3 amide bonds. The number of carbonyl (C=O) groups is 3. The quantitative estimate of drug-likeness (QED) is 0.337. The van der Waals surface area contributed by atoms with Gasteiger partial charge in [-0.3, -0.25) is 14.9 Å². The highest BCUT2D eigenvalue weighted by Gasteiger charge is 2.30. The molecule has 0 radical (unpaired) electrons. The Morgan fingerprint density at radius 1 is 1.06 bits per heavy atom. The third-order valence-electron chi connectivity index (χ3n) is 3.52. The lowest BCUT2D eigenvalue weighted by Crippen LogP contribution is -2.43. The van der Waals surface area contributed by atoms with Crippen LogP contribution in [0.2, 0.25) is 5.02 Å². The topological polar surface area (TPSA) is 151 Å². The molecule has 2 N–H and O–H groups in total. The van der Waals surface area contributed by atoms with Crippen molar-refractivity contribution < 1.29 is 33.5 Å². The third-order valence-corrected chi connectivity index (χ3v) is 3.90. The highest BCUT2D eigenvalue weighted by molar-refractivity contribution is 6.34. The summed E-state index contributed by atoms with van der Waals surface area (Å²) in [6, 6.07) is 2.13. The van der Waals surface area contributed by atoms with E-state index in [2.05, 4.69) is 0 Å². The first-order chi connectivity index (χ1) is 15.0. The van der Waals surface area contributed by atoms with Crippen molar-refractivity contribution in [3.63, 3.8) is 0 Å². The third kappa shape index (κ3) is 9.36. The Hall–Kier alpha value is -3.34. The Bertz CT molecular complexity index is 920. The minimum absolute atomic E-state index is 0.125. The Labute approximate surface area is 196 Å². The monoisotopic (exact) mass is 485 g/mol. The molecule has 0 atom stereocenters. The summed E-state index contributed by atoms with van der Waals surface area (Å²) in [6.45, 7) is 9.61. The van der Waals surface area contributed by atoms with Crippen molar-refractivity contribution in [1.29, 1.82) is 0 Å². The van der Waals surface area contributed by atoms with Gasteiger partial charge in [0.25, 0.3) is 5.69 Å². The van der Waals surface area contributed by atoms with Crippen molar-refractivity contribution in [1.82, 2.24) is 4.90 Å². The Morgan fingerprint density at radius 3 is 2.00 bits per heavy atom. The van der Waals surface area contributed by atoms with E-state index in [0.29, 0.717) is 0 Å². The lowest BCUT2D eigenvalue weighted by Gasteiger charge is -2.28. The number of nitrogens with zero attached hydrogens (tertiary/aromatic N) is 2. The molecule has 0 spiro atoms. The normalized spacial score (nSPS) is 11.7. The highest BCUT2D eigenvalue weighted by atomic mass is 35.5. The first kappa shape index (κ1) is 27.7. The summed E-state index contributed by atoms with van der Waals surface area (Å²) in [6.07, 6.45) is 1.10. The molecular formula is C21H28ClN3O8. The van der Waals surface area contributed by atoms with Gasteiger partial charge in [0, 0.05) is 11.6 Å². The van der Waals surface area contributed by atoms with Crippen LogP contribution in [0, 0.1) is 10.1 Å². The van der Waals surface area contributed by atoms with Crippen LogP contribution in [0.5, 0.6) is 5.75 Å². The second kappa shape index (κ2) is 11.0. The zero-order valence-electron chi connectivity index (χ0n) is 19.3. The van der Waals surface area contributed by atoms with Crippen molar-refractivity contribution >= 4 is 35.4 Å². The van der Waals surface area contributed by atoms with Gasteiger partial charge in [-0.05, 0) is 53.7 Å². The summed E-state index contributed by atoms with van der Waals surface area (Å²) in [7, 11) is 0. The van der Waals surface area contributed by atoms with Gasteiger partial charge in [0.05, 0.1) is 11.5 Å². The van der Waals surface area contributed by atoms with E-state index in [1.807, 2.05) is 0 Å². The number of ether oxygens (including phenoxy) is 3. The minimum Gasteiger partial charge on any atom is -0.488 e. The number of benzene rings is 1. The van der Waals surface area contributed by atoms with Gasteiger partial charge in [0.2, 0.25) is 5.91 Å². The lowest BCUT2D eigenvalue weighted by atomic mass is 10.2. The molecule has 0 aliphatic rings. The molecule has 0 unspecified atom stereocenters. The van der Waals surface area contributed by atoms with Crippen LogP contribution in [0.15, 0.2) is 24.3 Å². The number of hydrogen-bond donors (Lipinski definition) is 1. The summed E-state index contributed by atoms with van der Waals surface area (Å²) in [5.41, 5.74) is 2.84. The fourth-order valence-corrected chi connectivity index (χ4v) is 2.44. The van der Waals surface area contributed by atoms with Gasteiger partial charge in [0.1, 0.15) is 23.6 Å². The lowest BCUT2D eigenvalue weighted by molar-refractivity contribution is -0.384. The Kier molecular flexibility index (Phi) is 9.23. The van der Waals surface area contributed by atoms with E-state index >= 15 is 0 Å². The van der Waals surface area contributed by atoms with E-state index in [1.54, 1.807) is 41.5 Å². The molecule has 0 bridgehead atoms. The largest absolute Gasteiger partial charge is 0.488 e. The van der Waals surface area contributed by atoms with Gasteiger partial charge in [-0.25, -0.2) is 14.5 Å². The molecular weight excluding hydrogens is 458 g/mol. The second-order valence-corrected chi connectivity index (χ2v) is 9.16. The summed E-state index contributed by atoms with van der Waals surface area (Å²) < 4.78 is 15.9. The standard InChI is InChI=1S/C21H28ClN3O8/c1-20(2,3)32-18(27)24(19(28)33-21(4,5)6)9-7-8-10-31-15-12-13(17(23)26)11-14(16(15)22)25(29)30/h7-8,11-12H,9-10H2,1-6H3,(H2,23,26)/b8-7+. The van der Waals surface area contributed by atoms with Crippen molar-refractivity contribution in [3.8, 4) is 5.75 Å². The number of rotatable bonds is 7. The SMILES string of the molecule is CC(C)(C)OC(=O)N(C/C=C/COc1cc(C(N)=O)cc([N+](=O)[O-])c1Cl)C(=O)OC(C)(C)C. The second-order valence-electron chi connectivity index (χ2n) is 8.78. The number of imide groups is 1. The molecule has 0 aliphatic heterocycles. The Morgan fingerprint density at radius 2 is 1.58 bits per heavy atom. The molecule has 0 saturated heterocycles. The van der Waals surface area contributed by atoms with Gasteiger partial charge in [0.15, 0.2) is 5.02 Å². The number of carbonyl (C=O) groups excluding carboxylic acids is 3. The molecule has 1 aromatic carbocycles. The summed E-state index contributed by atoms with van der Waals surface area (Å²) in [4.78, 5) is 47.4. The van der Waals surface area contributed by atoms with Crippen molar-refractivity contribution in [2.45, 2.75) is 52.7 Å². The van der Waals surface area contributed by atoms with E-state index in [4.69, 9.17) is 31.5 Å². The van der Waals surface area contributed by atoms with E-state index in [-0.39, 0.29) is 29.5 Å². The van der Waals surface area contributed by atoms with E-state index in [1.165, 1.54) is 18.2 Å². The smallest absolute Gasteiger partial charge is 0.420 e. The fraction of sp³-hybridized carbons (Fsp3) is 0.476. The number of amides is 3. The molecule has 1 aromatic rings. The average molecular weight is 486 g/mol.